The number of nitrogens with one attached hydrogen (secondary N) is 2. The second-order valence-electron chi connectivity index (χ2n) is 8.88. The van der Waals surface area contributed by atoms with Crippen molar-refractivity contribution in [2.24, 2.45) is 0 Å². The Morgan fingerprint density at radius 3 is 2.31 bits per heavy atom. The molecule has 0 aliphatic rings. The van der Waals surface area contributed by atoms with Crippen LogP contribution in [0.5, 0.6) is 0 Å². The van der Waals surface area contributed by atoms with E-state index < -0.39 is 0 Å². The average Bonchev–Trinajstić information content (AvgIpc) is 3.47. The van der Waals surface area contributed by atoms with Crippen molar-refractivity contribution in [2.45, 2.75) is 46.6 Å². The number of aryl methyl sites for hydroxylation is 1. The Morgan fingerprint density at radius 1 is 1.00 bits per heavy atom. The number of aromatic nitrogens is 3. The van der Waals surface area contributed by atoms with Crippen LogP contribution >= 0.6 is 11.3 Å². The first-order valence-electron chi connectivity index (χ1n) is 11.5. The molecule has 0 radical (unpaired) electrons. The molecule has 180 valence electrons. The Hall–Kier alpha value is -3.78. The summed E-state index contributed by atoms with van der Waals surface area (Å²) in [5, 5.41) is 12.8. The molecule has 2 aromatic carbocycles. The van der Waals surface area contributed by atoms with Crippen molar-refractivity contribution < 1.29 is 9.59 Å². The lowest BCUT2D eigenvalue weighted by molar-refractivity contribution is -0.119. The van der Waals surface area contributed by atoms with Gasteiger partial charge in [0.05, 0.1) is 34.9 Å². The summed E-state index contributed by atoms with van der Waals surface area (Å²) >= 11 is 1.38. The lowest BCUT2D eigenvalue weighted by Gasteiger charge is -2.13. The van der Waals surface area contributed by atoms with E-state index in [2.05, 4.69) is 34.6 Å². The fourth-order valence-corrected chi connectivity index (χ4v) is 4.65. The third-order valence-corrected chi connectivity index (χ3v) is 6.49. The predicted octanol–water partition coefficient (Wildman–Crippen LogP) is 5.88. The molecule has 0 fully saturated rings. The van der Waals surface area contributed by atoms with Crippen molar-refractivity contribution in [1.29, 1.82) is 0 Å². The van der Waals surface area contributed by atoms with E-state index in [0.717, 1.165) is 28.2 Å². The van der Waals surface area contributed by atoms with Gasteiger partial charge in [0.15, 0.2) is 5.13 Å². The first kappa shape index (κ1) is 24.3. The molecule has 2 aromatic heterocycles. The standard InChI is InChI=1S/C27H29N5O2S/c1-16(2)25-23(14-28-32(25)22-12-6-17(3)7-13-22)26(34)31-27-30-24(15-35-27)21-10-8-20(9-11-21)18(4)29-19(5)33/h6-16,18H,1-5H3,(H,29,33)(H,30,31,34). The van der Waals surface area contributed by atoms with Crippen LogP contribution in [0.2, 0.25) is 0 Å². The van der Waals surface area contributed by atoms with Gasteiger partial charge in [-0.2, -0.15) is 5.10 Å². The van der Waals surface area contributed by atoms with Crippen molar-refractivity contribution in [3.63, 3.8) is 0 Å². The fraction of sp³-hybridized carbons (Fsp3) is 0.259. The van der Waals surface area contributed by atoms with Crippen molar-refractivity contribution >= 4 is 28.3 Å². The zero-order valence-electron chi connectivity index (χ0n) is 20.5. The van der Waals surface area contributed by atoms with Crippen LogP contribution in [-0.4, -0.2) is 26.6 Å². The summed E-state index contributed by atoms with van der Waals surface area (Å²) in [4.78, 5) is 29.1. The number of benzene rings is 2. The highest BCUT2D eigenvalue weighted by atomic mass is 32.1. The van der Waals surface area contributed by atoms with Crippen LogP contribution in [0.4, 0.5) is 5.13 Å². The molecule has 0 spiro atoms. The summed E-state index contributed by atoms with van der Waals surface area (Å²) in [6, 6.07) is 15.9. The smallest absolute Gasteiger partial charge is 0.260 e. The molecular formula is C27H29N5O2S. The van der Waals surface area contributed by atoms with Gasteiger partial charge in [0.25, 0.3) is 5.91 Å². The van der Waals surface area contributed by atoms with Crippen molar-refractivity contribution in [3.8, 4) is 16.9 Å². The molecule has 0 saturated heterocycles. The number of anilines is 1. The number of hydrogen-bond acceptors (Lipinski definition) is 5. The highest BCUT2D eigenvalue weighted by Gasteiger charge is 2.22. The number of thiazole rings is 1. The molecule has 0 aliphatic heterocycles. The van der Waals surface area contributed by atoms with Crippen LogP contribution in [0.15, 0.2) is 60.1 Å². The highest BCUT2D eigenvalue weighted by Crippen LogP contribution is 2.28. The molecule has 2 amide bonds. The second-order valence-corrected chi connectivity index (χ2v) is 9.74. The maximum absolute atomic E-state index is 13.2. The third kappa shape index (κ3) is 5.49. The van der Waals surface area contributed by atoms with E-state index in [0.29, 0.717) is 10.7 Å². The van der Waals surface area contributed by atoms with Gasteiger partial charge in [-0.05, 0) is 37.5 Å². The third-order valence-electron chi connectivity index (χ3n) is 5.73. The number of hydrogen-bond donors (Lipinski definition) is 2. The molecule has 7 nitrogen and oxygen atoms in total. The van der Waals surface area contributed by atoms with Crippen LogP contribution in [0.25, 0.3) is 16.9 Å². The minimum atomic E-state index is -0.229. The lowest BCUT2D eigenvalue weighted by Crippen LogP contribution is -2.23. The van der Waals surface area contributed by atoms with Crippen LogP contribution in [-0.2, 0) is 4.79 Å². The van der Waals surface area contributed by atoms with E-state index in [9.17, 15) is 9.59 Å². The molecule has 2 heterocycles. The van der Waals surface area contributed by atoms with Crippen molar-refractivity contribution in [3.05, 3.63) is 82.5 Å². The second kappa shape index (κ2) is 10.2. The molecule has 0 saturated carbocycles. The van der Waals surface area contributed by atoms with Gasteiger partial charge in [0, 0.05) is 17.9 Å². The zero-order valence-corrected chi connectivity index (χ0v) is 21.3. The SMILES string of the molecule is CC(=O)NC(C)c1ccc(-c2csc(NC(=O)c3cnn(-c4ccc(C)cc4)c3C(C)C)n2)cc1. The number of carbonyl (C=O) groups excluding carboxylic acids is 2. The van der Waals surface area contributed by atoms with Gasteiger partial charge in [-0.25, -0.2) is 9.67 Å². The van der Waals surface area contributed by atoms with Crippen LogP contribution in [0.3, 0.4) is 0 Å². The predicted molar refractivity (Wildman–Crippen MR) is 140 cm³/mol. The molecule has 0 aliphatic carbocycles. The molecule has 2 N–H and O–H groups in total. The van der Waals surface area contributed by atoms with E-state index in [1.165, 1.54) is 23.8 Å². The minimum absolute atomic E-state index is 0.0634. The molecule has 1 unspecified atom stereocenters. The van der Waals surface area contributed by atoms with Crippen LogP contribution in [0, 0.1) is 6.92 Å². The molecular weight excluding hydrogens is 458 g/mol. The highest BCUT2D eigenvalue weighted by molar-refractivity contribution is 7.14. The minimum Gasteiger partial charge on any atom is -0.350 e. The molecule has 8 heteroatoms. The van der Waals surface area contributed by atoms with E-state index in [1.807, 2.05) is 72.4 Å². The first-order chi connectivity index (χ1) is 16.7. The van der Waals surface area contributed by atoms with Crippen molar-refractivity contribution in [2.75, 3.05) is 5.32 Å². The Kier molecular flexibility index (Phi) is 7.12. The monoisotopic (exact) mass is 487 g/mol. The van der Waals surface area contributed by atoms with E-state index in [-0.39, 0.29) is 23.8 Å². The average molecular weight is 488 g/mol. The van der Waals surface area contributed by atoms with Gasteiger partial charge >= 0.3 is 0 Å². The Labute approximate surface area is 209 Å². The zero-order chi connectivity index (χ0) is 25.1. The van der Waals surface area contributed by atoms with E-state index in [4.69, 9.17) is 0 Å². The summed E-state index contributed by atoms with van der Waals surface area (Å²) < 4.78 is 1.83. The number of carbonyl (C=O) groups is 2. The van der Waals surface area contributed by atoms with Gasteiger partial charge in [-0.1, -0.05) is 55.8 Å². The van der Waals surface area contributed by atoms with E-state index >= 15 is 0 Å². The van der Waals surface area contributed by atoms with Gasteiger partial charge < -0.3 is 5.32 Å². The molecule has 35 heavy (non-hydrogen) atoms. The van der Waals surface area contributed by atoms with Gasteiger partial charge in [-0.3, -0.25) is 14.9 Å². The van der Waals surface area contributed by atoms with Gasteiger partial charge in [0.2, 0.25) is 5.91 Å². The molecule has 4 aromatic rings. The maximum atomic E-state index is 13.2. The number of nitrogens with zero attached hydrogens (tertiary/aromatic N) is 3. The summed E-state index contributed by atoms with van der Waals surface area (Å²) in [7, 11) is 0. The summed E-state index contributed by atoms with van der Waals surface area (Å²) in [6.07, 6.45) is 1.62. The summed E-state index contributed by atoms with van der Waals surface area (Å²) in [6.45, 7) is 9.60. The molecule has 0 bridgehead atoms. The fourth-order valence-electron chi connectivity index (χ4n) is 3.94. The number of rotatable bonds is 7. The quantitative estimate of drug-likeness (QED) is 0.341. The number of amides is 2. The van der Waals surface area contributed by atoms with Crippen molar-refractivity contribution in [1.82, 2.24) is 20.1 Å². The molecule has 4 rings (SSSR count). The Bertz CT molecular complexity index is 1340. The van der Waals surface area contributed by atoms with Crippen LogP contribution < -0.4 is 10.6 Å². The maximum Gasteiger partial charge on any atom is 0.260 e. The van der Waals surface area contributed by atoms with E-state index in [1.54, 1.807) is 6.20 Å². The van der Waals surface area contributed by atoms with Gasteiger partial charge in [-0.15, -0.1) is 11.3 Å². The van der Waals surface area contributed by atoms with Gasteiger partial charge in [0.1, 0.15) is 0 Å². The van der Waals surface area contributed by atoms with Crippen LogP contribution in [0.1, 0.15) is 66.8 Å². The largest absolute Gasteiger partial charge is 0.350 e. The summed E-state index contributed by atoms with van der Waals surface area (Å²) in [5.74, 6) is -0.191. The topological polar surface area (TPSA) is 88.9 Å². The normalized spacial score (nSPS) is 11.9. The lowest BCUT2D eigenvalue weighted by atomic mass is 10.0. The molecule has 1 atom stereocenters. The Balaban J connectivity index is 1.51. The first-order valence-corrected chi connectivity index (χ1v) is 12.4. The Morgan fingerprint density at radius 2 is 1.69 bits per heavy atom. The summed E-state index contributed by atoms with van der Waals surface area (Å²) in [5.41, 5.74) is 6.21.